The molecule has 41 heavy (non-hydrogen) atoms. The van der Waals surface area contributed by atoms with Crippen LogP contribution in [0.1, 0.15) is 0 Å². The van der Waals surface area contributed by atoms with Gasteiger partial charge in [-0.3, -0.25) is 18.1 Å². The van der Waals surface area contributed by atoms with Gasteiger partial charge in [0.05, 0.1) is 57.7 Å². The number of ether oxygens (including phenoxy) is 8. The lowest BCUT2D eigenvalue weighted by molar-refractivity contribution is -0.145. The molecule has 0 aromatic heterocycles. The van der Waals surface area contributed by atoms with Crippen LogP contribution in [0.15, 0.2) is 0 Å². The Labute approximate surface area is 239 Å². The van der Waals surface area contributed by atoms with Gasteiger partial charge in [-0.15, -0.1) is 0 Å². The molecule has 6 aliphatic heterocycles. The van der Waals surface area contributed by atoms with Gasteiger partial charge in [0.15, 0.2) is 0 Å². The van der Waals surface area contributed by atoms with Crippen molar-refractivity contribution < 1.29 is 74.9 Å². The van der Waals surface area contributed by atoms with Crippen LogP contribution >= 0.6 is 15.6 Å². The predicted octanol–water partition coefficient (Wildman–Crippen LogP) is -3.97. The zero-order valence-electron chi connectivity index (χ0n) is 23.4. The number of rotatable bonds is 13. The molecular formula is C20H35B3O16P2. The summed E-state index contributed by atoms with van der Waals surface area (Å²) in [6.07, 6.45) is -4.23. The van der Waals surface area contributed by atoms with Crippen molar-refractivity contribution in [3.05, 3.63) is 0 Å². The second-order valence-electron chi connectivity index (χ2n) is 11.6. The summed E-state index contributed by atoms with van der Waals surface area (Å²) in [5.74, 6) is 0. The third kappa shape index (κ3) is 5.27. The Hall–Kier alpha value is 0.0948. The number of hydrogen-bond acceptors (Lipinski definition) is 14. The largest absolute Gasteiger partial charge is 0.472 e. The molecule has 14 atom stereocenters. The molecule has 6 bridgehead atoms. The van der Waals surface area contributed by atoms with Crippen molar-refractivity contribution in [3.8, 4) is 0 Å². The monoisotopic (exact) mass is 626 g/mol. The minimum Gasteiger partial charge on any atom is -0.381 e. The molecule has 0 aromatic carbocycles. The maximum atomic E-state index is 13.1. The van der Waals surface area contributed by atoms with Crippen LogP contribution in [0, 0.1) is 0 Å². The molecular weight excluding hydrogens is 591 g/mol. The van der Waals surface area contributed by atoms with Gasteiger partial charge < -0.3 is 47.7 Å². The summed E-state index contributed by atoms with van der Waals surface area (Å²) in [7, 11) is -1.18. The number of hydrogen-bond donors (Lipinski definition) is 2. The van der Waals surface area contributed by atoms with Crippen LogP contribution in [0.2, 0.25) is 0 Å². The van der Waals surface area contributed by atoms with E-state index in [9.17, 15) is 18.9 Å². The molecule has 6 rings (SSSR count). The molecule has 0 saturated carbocycles. The highest BCUT2D eigenvalue weighted by atomic mass is 31.2. The molecule has 0 aromatic rings. The standard InChI is InChI=1S/C20H35B3O16P2/c1-28-3-18-4-31-10(16(22)35-18)13(18)38-41(26,27)34-8-20-6-32-11(17(23)37-20)14(20)39-40(24,25)33-7-19-5-30-9(12(19)29-2)15(21)36-19/h9-17H,3-8,21-23H2,1-2H3,(H,24,25)(H,26,27)/t9?,10?,11?,12?,13?,14?,15-,16-,17-,18+,19-,20-/m1/s1. The van der Waals surface area contributed by atoms with E-state index in [1.807, 2.05) is 7.85 Å². The summed E-state index contributed by atoms with van der Waals surface area (Å²) < 4.78 is 93.9. The van der Waals surface area contributed by atoms with Crippen LogP contribution in [0.25, 0.3) is 0 Å². The van der Waals surface area contributed by atoms with Crippen molar-refractivity contribution in [2.75, 3.05) is 53.9 Å². The third-order valence-electron chi connectivity index (χ3n) is 8.74. The Morgan fingerprint density at radius 1 is 0.683 bits per heavy atom. The topological polar surface area (TPSA) is 185 Å². The minimum absolute atomic E-state index is 0.0867. The lowest BCUT2D eigenvalue weighted by atomic mass is 9.92. The molecule has 6 fully saturated rings. The van der Waals surface area contributed by atoms with Gasteiger partial charge in [0.25, 0.3) is 0 Å². The van der Waals surface area contributed by atoms with E-state index in [4.69, 9.17) is 56.0 Å². The Balaban J connectivity index is 1.11. The highest BCUT2D eigenvalue weighted by Crippen LogP contribution is 2.57. The summed E-state index contributed by atoms with van der Waals surface area (Å²) in [5.41, 5.74) is -3.61. The number of methoxy groups -OCH3 is 2. The average Bonchev–Trinajstić information content (AvgIpc) is 3.69. The van der Waals surface area contributed by atoms with Crippen LogP contribution < -0.4 is 0 Å². The Morgan fingerprint density at radius 3 is 1.41 bits per heavy atom. The maximum Gasteiger partial charge on any atom is 0.472 e. The zero-order valence-corrected chi connectivity index (χ0v) is 25.2. The molecule has 0 amide bonds. The molecule has 0 spiro atoms. The lowest BCUT2D eigenvalue weighted by Gasteiger charge is -2.33. The van der Waals surface area contributed by atoms with E-state index >= 15 is 0 Å². The highest BCUT2D eigenvalue weighted by Gasteiger charge is 2.66. The van der Waals surface area contributed by atoms with E-state index < -0.39 is 75.6 Å². The molecule has 0 aliphatic carbocycles. The summed E-state index contributed by atoms with van der Waals surface area (Å²) in [6.45, 7) is -0.644. The molecule has 6 heterocycles. The Kier molecular flexibility index (Phi) is 8.24. The molecule has 0 radical (unpaired) electrons. The van der Waals surface area contributed by atoms with Crippen molar-refractivity contribution in [3.63, 3.8) is 0 Å². The predicted molar refractivity (Wildman–Crippen MR) is 142 cm³/mol. The number of phosphoric ester groups is 2. The van der Waals surface area contributed by atoms with Crippen molar-refractivity contribution in [2.45, 2.75) is 71.4 Å². The first-order valence-corrected chi connectivity index (χ1v) is 16.5. The van der Waals surface area contributed by atoms with Gasteiger partial charge in [-0.25, -0.2) is 9.13 Å². The van der Waals surface area contributed by atoms with Gasteiger partial charge in [0.2, 0.25) is 0 Å². The molecule has 230 valence electrons. The third-order valence-corrected chi connectivity index (χ3v) is 10.6. The van der Waals surface area contributed by atoms with E-state index in [2.05, 4.69) is 0 Å². The first-order chi connectivity index (χ1) is 19.3. The molecule has 16 nitrogen and oxygen atoms in total. The van der Waals surface area contributed by atoms with Gasteiger partial charge >= 0.3 is 15.6 Å². The molecule has 2 N–H and O–H groups in total. The van der Waals surface area contributed by atoms with E-state index in [-0.39, 0.29) is 51.1 Å². The van der Waals surface area contributed by atoms with E-state index in [1.165, 1.54) is 14.2 Å². The van der Waals surface area contributed by atoms with Gasteiger partial charge in [-0.2, -0.15) is 0 Å². The number of phosphoric acid groups is 2. The first-order valence-electron chi connectivity index (χ1n) is 13.5. The van der Waals surface area contributed by atoms with Gasteiger partial charge in [-0.1, -0.05) is 0 Å². The second kappa shape index (κ2) is 10.9. The quantitative estimate of drug-likeness (QED) is 0.149. The Bertz CT molecular complexity index is 1110. The SMILES string of the molecule is B[C@@H]1O[C@@]2(COP(=O)(O)OC3C4OC[C@]3(COP(=O)(O)OC3C5OC[C@]3(COC)O[C@H]5B)O[C@H]4B)COC1C2OC. The fourth-order valence-corrected chi connectivity index (χ4v) is 9.07. The normalized spacial score (nSPS) is 50.9. The van der Waals surface area contributed by atoms with Gasteiger partial charge in [0.1, 0.15) is 77.0 Å². The van der Waals surface area contributed by atoms with Crippen LogP contribution in [-0.2, 0) is 65.1 Å². The summed E-state index contributed by atoms with van der Waals surface area (Å²) in [4.78, 5) is 21.4. The molecule has 8 unspecified atom stereocenters. The molecule has 6 saturated heterocycles. The fraction of sp³-hybridized carbons (Fsp3) is 1.00. The second-order valence-corrected chi connectivity index (χ2v) is 14.4. The van der Waals surface area contributed by atoms with E-state index in [0.717, 1.165) is 0 Å². The van der Waals surface area contributed by atoms with Crippen molar-refractivity contribution in [1.29, 1.82) is 0 Å². The lowest BCUT2D eigenvalue weighted by Crippen LogP contribution is -2.47. The smallest absolute Gasteiger partial charge is 0.381 e. The van der Waals surface area contributed by atoms with Crippen molar-refractivity contribution >= 4 is 39.2 Å². The summed E-state index contributed by atoms with van der Waals surface area (Å²) in [6, 6.07) is -1.25. The molecule has 6 aliphatic rings. The Morgan fingerprint density at radius 2 is 1.05 bits per heavy atom. The first kappa shape index (κ1) is 31.1. The van der Waals surface area contributed by atoms with Crippen LogP contribution in [0.3, 0.4) is 0 Å². The van der Waals surface area contributed by atoms with Gasteiger partial charge in [-0.05, 0) is 0 Å². The van der Waals surface area contributed by atoms with E-state index in [0.29, 0.717) is 0 Å². The average molecular weight is 626 g/mol. The van der Waals surface area contributed by atoms with Crippen molar-refractivity contribution in [2.24, 2.45) is 0 Å². The summed E-state index contributed by atoms with van der Waals surface area (Å²) >= 11 is 0. The van der Waals surface area contributed by atoms with Crippen LogP contribution in [0.4, 0.5) is 0 Å². The molecule has 21 heteroatoms. The zero-order chi connectivity index (χ0) is 29.4. The van der Waals surface area contributed by atoms with Gasteiger partial charge in [0, 0.05) is 14.2 Å². The highest BCUT2D eigenvalue weighted by molar-refractivity contribution is 7.47. The fourth-order valence-electron chi connectivity index (χ4n) is 6.99. The summed E-state index contributed by atoms with van der Waals surface area (Å²) in [5, 5.41) is 0. The maximum absolute atomic E-state index is 13.1. The van der Waals surface area contributed by atoms with E-state index in [1.54, 1.807) is 15.7 Å². The van der Waals surface area contributed by atoms with Crippen LogP contribution in [0.5, 0.6) is 0 Å². The van der Waals surface area contributed by atoms with Crippen molar-refractivity contribution in [1.82, 2.24) is 0 Å². The van der Waals surface area contributed by atoms with Crippen LogP contribution in [-0.4, -0.2) is 159 Å². The number of fused-ring (bicyclic) bond motifs is 6. The minimum atomic E-state index is -4.73.